The van der Waals surface area contributed by atoms with Crippen molar-refractivity contribution in [3.63, 3.8) is 0 Å². The second-order valence-electron chi connectivity index (χ2n) is 10.2. The van der Waals surface area contributed by atoms with Crippen LogP contribution in [0.5, 0.6) is 0 Å². The highest BCUT2D eigenvalue weighted by Crippen LogP contribution is 2.22. The van der Waals surface area contributed by atoms with Gasteiger partial charge in [-0.15, -0.1) is 19.7 Å². The normalized spacial score (nSPS) is 14.1. The average molecular weight is 384 g/mol. The van der Waals surface area contributed by atoms with Gasteiger partial charge in [-0.05, 0) is 36.3 Å². The van der Waals surface area contributed by atoms with Crippen molar-refractivity contribution in [1.82, 2.24) is 5.32 Å². The Morgan fingerprint density at radius 2 is 1.26 bits per heavy atom. The van der Waals surface area contributed by atoms with Crippen LogP contribution in [0.15, 0.2) is 25.8 Å². The highest BCUT2D eigenvalue weighted by molar-refractivity contribution is 4.69. The fourth-order valence-electron chi connectivity index (χ4n) is 1.84. The predicted molar refractivity (Wildman–Crippen MR) is 132 cm³/mol. The van der Waals surface area contributed by atoms with E-state index in [1.165, 1.54) is 38.5 Å². The third-order valence-electron chi connectivity index (χ3n) is 4.13. The molecule has 0 aromatic carbocycles. The van der Waals surface area contributed by atoms with Crippen molar-refractivity contribution in [2.45, 2.75) is 108 Å². The largest absolute Gasteiger partial charge is 0.319 e. The molecule has 1 rings (SSSR count). The van der Waals surface area contributed by atoms with E-state index in [9.17, 15) is 0 Å². The van der Waals surface area contributed by atoms with Gasteiger partial charge in [0.2, 0.25) is 0 Å². The molecule has 0 saturated heterocycles. The summed E-state index contributed by atoms with van der Waals surface area (Å²) in [5, 5.41) is 3.11. The highest BCUT2D eigenvalue weighted by atomic mass is 14.8. The Balaban J connectivity index is -0.000000128. The minimum absolute atomic E-state index is 0.439. The van der Waals surface area contributed by atoms with Gasteiger partial charge in [0, 0.05) is 0 Å². The number of allylic oxidation sites excluding steroid dienone is 1. The number of hydrogen-bond acceptors (Lipinski definition) is 1. The number of hydrogen-bond donors (Lipinski definition) is 1. The van der Waals surface area contributed by atoms with Crippen LogP contribution in [0.1, 0.15) is 108 Å². The fourth-order valence-corrected chi connectivity index (χ4v) is 1.84. The Labute approximate surface area is 175 Å². The molecule has 0 aliphatic heterocycles. The van der Waals surface area contributed by atoms with Crippen molar-refractivity contribution in [3.8, 4) is 0 Å². The molecule has 0 spiro atoms. The molecule has 0 amide bonds. The monoisotopic (exact) mass is 383 g/mol. The molecule has 1 aliphatic rings. The van der Waals surface area contributed by atoms with Crippen molar-refractivity contribution in [3.05, 3.63) is 25.8 Å². The third kappa shape index (κ3) is 51.7. The Morgan fingerprint density at radius 3 is 1.33 bits per heavy atom. The Hall–Kier alpha value is -0.560. The molecule has 0 radical (unpaired) electrons. The maximum absolute atomic E-state index is 3.56. The summed E-state index contributed by atoms with van der Waals surface area (Å²) in [4.78, 5) is 0. The minimum atomic E-state index is 0.439. The van der Waals surface area contributed by atoms with Gasteiger partial charge < -0.3 is 5.32 Å². The van der Waals surface area contributed by atoms with Crippen LogP contribution in [0.4, 0.5) is 0 Å². The first kappa shape index (κ1) is 34.0. The lowest BCUT2D eigenvalue weighted by Crippen LogP contribution is -2.22. The first-order valence-corrected chi connectivity index (χ1v) is 11.1. The van der Waals surface area contributed by atoms with E-state index >= 15 is 0 Å². The molecular weight excluding hydrogens is 326 g/mol. The minimum Gasteiger partial charge on any atom is -0.319 e. The van der Waals surface area contributed by atoms with Crippen molar-refractivity contribution >= 4 is 0 Å². The van der Waals surface area contributed by atoms with Crippen molar-refractivity contribution in [1.29, 1.82) is 0 Å². The van der Waals surface area contributed by atoms with Crippen molar-refractivity contribution in [2.24, 2.45) is 22.7 Å². The van der Waals surface area contributed by atoms with Crippen LogP contribution in [0.2, 0.25) is 0 Å². The van der Waals surface area contributed by atoms with E-state index in [-0.39, 0.29) is 0 Å². The summed E-state index contributed by atoms with van der Waals surface area (Å²) in [7, 11) is 1.98. The van der Waals surface area contributed by atoms with Gasteiger partial charge in [0.15, 0.2) is 0 Å². The molecular formula is C26H57N. The molecule has 1 N–H and O–H groups in total. The molecule has 0 bridgehead atoms. The van der Waals surface area contributed by atoms with Gasteiger partial charge in [0.05, 0.1) is 0 Å². The fraction of sp³-hybridized carbons (Fsp3) is 0.846. The van der Waals surface area contributed by atoms with E-state index in [0.717, 1.165) is 12.5 Å². The van der Waals surface area contributed by atoms with Gasteiger partial charge in [0.25, 0.3) is 0 Å². The summed E-state index contributed by atoms with van der Waals surface area (Å²) >= 11 is 0. The standard InChI is InChI=1S/C7H14.C6H15N.C6H14.C5H10.C2H4/c1-7-5-3-2-4-6-7;1-6(2,3)5-7-4;1-5-6(2,3)4;1-4-5(2)3;1-2/h7H,2-6H2,1H3;7H,5H2,1-4H3;5H2,1-4H3;4-5H,1H2,2-3H3;1-2H2. The molecule has 1 nitrogen and oxygen atoms in total. The second-order valence-corrected chi connectivity index (χ2v) is 10.2. The zero-order chi connectivity index (χ0) is 22.5. The molecule has 27 heavy (non-hydrogen) atoms. The van der Waals surface area contributed by atoms with Crippen LogP contribution in [-0.2, 0) is 0 Å². The zero-order valence-corrected chi connectivity index (χ0v) is 21.3. The predicted octanol–water partition coefficient (Wildman–Crippen LogP) is 8.91. The Morgan fingerprint density at radius 1 is 0.926 bits per heavy atom. The van der Waals surface area contributed by atoms with Crippen molar-refractivity contribution in [2.75, 3.05) is 13.6 Å². The maximum Gasteiger partial charge on any atom is -0.000313 e. The summed E-state index contributed by atoms with van der Waals surface area (Å²) < 4.78 is 0. The van der Waals surface area contributed by atoms with Crippen LogP contribution in [0.3, 0.4) is 0 Å². The molecule has 0 unspecified atom stereocenters. The number of nitrogens with one attached hydrogen (secondary N) is 1. The van der Waals surface area contributed by atoms with Gasteiger partial charge in [-0.3, -0.25) is 0 Å². The van der Waals surface area contributed by atoms with E-state index in [4.69, 9.17) is 0 Å². The van der Waals surface area contributed by atoms with Crippen molar-refractivity contribution < 1.29 is 0 Å². The molecule has 1 aliphatic carbocycles. The molecule has 0 heterocycles. The third-order valence-corrected chi connectivity index (χ3v) is 4.13. The summed E-state index contributed by atoms with van der Waals surface area (Å²) in [6, 6.07) is 0. The van der Waals surface area contributed by atoms with Crippen LogP contribution in [0, 0.1) is 22.7 Å². The molecule has 1 heteroatoms. The van der Waals surface area contributed by atoms with Gasteiger partial charge in [0.1, 0.15) is 0 Å². The Bertz CT molecular complexity index is 272. The Kier molecular flexibility index (Phi) is 27.4. The van der Waals surface area contributed by atoms with Gasteiger partial charge in [-0.2, -0.15) is 0 Å². The van der Waals surface area contributed by atoms with E-state index in [2.05, 4.69) is 94.3 Å². The summed E-state index contributed by atoms with van der Waals surface area (Å²) in [5.41, 5.74) is 0.981. The van der Waals surface area contributed by atoms with E-state index in [0.29, 0.717) is 16.7 Å². The molecule has 166 valence electrons. The summed E-state index contributed by atoms with van der Waals surface area (Å²) in [5.74, 6) is 1.68. The maximum atomic E-state index is 3.56. The van der Waals surface area contributed by atoms with E-state index < -0.39 is 0 Å². The van der Waals surface area contributed by atoms with Gasteiger partial charge in [-0.25, -0.2) is 0 Å². The van der Waals surface area contributed by atoms with Crippen LogP contribution >= 0.6 is 0 Å². The number of rotatable bonds is 2. The molecule has 1 saturated carbocycles. The second kappa shape index (κ2) is 21.7. The van der Waals surface area contributed by atoms with Gasteiger partial charge in [-0.1, -0.05) is 114 Å². The van der Waals surface area contributed by atoms with Crippen LogP contribution in [-0.4, -0.2) is 13.6 Å². The highest BCUT2D eigenvalue weighted by Gasteiger charge is 2.06. The first-order valence-electron chi connectivity index (χ1n) is 11.1. The topological polar surface area (TPSA) is 12.0 Å². The van der Waals surface area contributed by atoms with Crippen LogP contribution < -0.4 is 5.32 Å². The summed E-state index contributed by atoms with van der Waals surface area (Å²) in [6.45, 7) is 32.8. The lowest BCUT2D eigenvalue weighted by atomic mass is 9.91. The van der Waals surface area contributed by atoms with E-state index in [1.807, 2.05) is 13.1 Å². The van der Waals surface area contributed by atoms with E-state index in [1.54, 1.807) is 0 Å². The SMILES string of the molecule is C=C.C=CC(C)C.CC1CCCCC1.CCC(C)(C)C.CNCC(C)(C)C. The first-order chi connectivity index (χ1) is 12.3. The lowest BCUT2D eigenvalue weighted by molar-refractivity contribution is 0.385. The average Bonchev–Trinajstić information content (AvgIpc) is 2.57. The molecule has 0 aromatic rings. The summed E-state index contributed by atoms with van der Waals surface area (Å²) in [6.07, 6.45) is 10.6. The molecule has 0 atom stereocenters. The molecule has 0 aromatic heterocycles. The van der Waals surface area contributed by atoms with Gasteiger partial charge >= 0.3 is 0 Å². The quantitative estimate of drug-likeness (QED) is 0.469. The smallest absolute Gasteiger partial charge is 0.000313 e. The molecule has 1 fully saturated rings. The lowest BCUT2D eigenvalue weighted by Gasteiger charge is -2.16. The zero-order valence-electron chi connectivity index (χ0n) is 21.3. The van der Waals surface area contributed by atoms with Crippen LogP contribution in [0.25, 0.3) is 0 Å².